The Morgan fingerprint density at radius 1 is 0.889 bits per heavy atom. The van der Waals surface area contributed by atoms with Crippen LogP contribution in [0.1, 0.15) is 43.7 Å². The monoisotopic (exact) mass is 519 g/mol. The first-order valence-electron chi connectivity index (χ1n) is 12.0. The van der Waals surface area contributed by atoms with Crippen LogP contribution in [0.4, 0.5) is 0 Å². The average Bonchev–Trinajstić information content (AvgIpc) is 3.24. The molecule has 4 rings (SSSR count). The molecule has 3 aromatic carbocycles. The maximum absolute atomic E-state index is 13.2. The Bertz CT molecular complexity index is 1340. The smallest absolute Gasteiger partial charge is 0.379 e. The lowest BCUT2D eigenvalue weighted by atomic mass is 10.1. The van der Waals surface area contributed by atoms with Crippen molar-refractivity contribution in [1.29, 1.82) is 0 Å². The third-order valence-corrected chi connectivity index (χ3v) is 11.7. The molecule has 0 radical (unpaired) electrons. The molecule has 5 nitrogen and oxygen atoms in total. The summed E-state index contributed by atoms with van der Waals surface area (Å²) < 4.78 is 12.0. The molecule has 0 unspecified atom stereocenters. The highest BCUT2D eigenvalue weighted by molar-refractivity contribution is 6.99. The van der Waals surface area contributed by atoms with Crippen LogP contribution < -0.4 is 10.4 Å². The fourth-order valence-corrected chi connectivity index (χ4v) is 9.64. The highest BCUT2D eigenvalue weighted by Gasteiger charge is 2.50. The van der Waals surface area contributed by atoms with E-state index in [-0.39, 0.29) is 23.8 Å². The molecule has 7 heteroatoms. The molecule has 0 saturated carbocycles. The van der Waals surface area contributed by atoms with Crippen LogP contribution in [0.25, 0.3) is 10.9 Å². The van der Waals surface area contributed by atoms with Crippen LogP contribution in [0, 0.1) is 0 Å². The van der Waals surface area contributed by atoms with Gasteiger partial charge in [-0.3, -0.25) is 4.79 Å². The first-order valence-corrected chi connectivity index (χ1v) is 14.2. The summed E-state index contributed by atoms with van der Waals surface area (Å²) in [5, 5.41) is 2.88. The summed E-state index contributed by atoms with van der Waals surface area (Å²) in [6, 6.07) is 25.8. The van der Waals surface area contributed by atoms with Crippen LogP contribution in [-0.2, 0) is 20.6 Å². The minimum Gasteiger partial charge on any atom is -0.460 e. The van der Waals surface area contributed by atoms with Crippen molar-refractivity contribution in [1.82, 2.24) is 4.98 Å². The van der Waals surface area contributed by atoms with Crippen LogP contribution >= 0.6 is 11.6 Å². The van der Waals surface area contributed by atoms with E-state index in [2.05, 4.69) is 50.0 Å². The Morgan fingerprint density at radius 2 is 1.47 bits per heavy atom. The van der Waals surface area contributed by atoms with Crippen molar-refractivity contribution >= 4 is 52.9 Å². The van der Waals surface area contributed by atoms with Crippen molar-refractivity contribution < 1.29 is 18.8 Å². The second-order valence-corrected chi connectivity index (χ2v) is 14.4. The molecule has 186 valence electrons. The summed E-state index contributed by atoms with van der Waals surface area (Å²) >= 11 is 6.50. The number of H-pyrrole nitrogens is 1. The van der Waals surface area contributed by atoms with Crippen molar-refractivity contribution in [2.45, 2.75) is 39.3 Å². The lowest BCUT2D eigenvalue weighted by Gasteiger charge is -2.43. The standard InChI is InChI=1S/C29H30ClNO4Si/c1-5-34-28(33)27(32)26-24(31-23-18-12-17-22(30)25(23)26)19-35-36(29(2,3)4,20-13-8-6-9-14-20)21-15-10-7-11-16-21/h6-18,31H,5,19H2,1-4H3. The maximum atomic E-state index is 13.2. The number of ether oxygens (including phenoxy) is 1. The molecule has 0 amide bonds. The Kier molecular flexibility index (Phi) is 7.50. The predicted molar refractivity (Wildman–Crippen MR) is 147 cm³/mol. The zero-order valence-electron chi connectivity index (χ0n) is 20.9. The molecule has 1 heterocycles. The quantitative estimate of drug-likeness (QED) is 0.141. The number of rotatable bonds is 8. The Hall–Kier alpha value is -3.19. The second kappa shape index (κ2) is 10.4. The van der Waals surface area contributed by atoms with Gasteiger partial charge in [-0.15, -0.1) is 0 Å². The van der Waals surface area contributed by atoms with E-state index in [0.717, 1.165) is 10.4 Å². The molecule has 1 aromatic heterocycles. The van der Waals surface area contributed by atoms with E-state index in [4.69, 9.17) is 20.8 Å². The molecule has 0 saturated heterocycles. The number of hydrogen-bond acceptors (Lipinski definition) is 4. The predicted octanol–water partition coefficient (Wildman–Crippen LogP) is 5.64. The number of carbonyl (C=O) groups is 2. The summed E-state index contributed by atoms with van der Waals surface area (Å²) in [6.45, 7) is 8.43. The maximum Gasteiger partial charge on any atom is 0.379 e. The van der Waals surface area contributed by atoms with E-state index in [9.17, 15) is 9.59 Å². The minimum atomic E-state index is -2.88. The number of benzene rings is 3. The van der Waals surface area contributed by atoms with Crippen molar-refractivity contribution in [3.8, 4) is 0 Å². The molecule has 0 atom stereocenters. The van der Waals surface area contributed by atoms with Crippen molar-refractivity contribution in [2.75, 3.05) is 6.61 Å². The molecular formula is C29H30ClNO4Si. The van der Waals surface area contributed by atoms with Gasteiger partial charge >= 0.3 is 5.97 Å². The number of nitrogens with one attached hydrogen (secondary N) is 1. The number of Topliss-reactive ketones (excluding diaryl/α,β-unsaturated/α-hetero) is 1. The van der Waals surface area contributed by atoms with Gasteiger partial charge in [0.15, 0.2) is 0 Å². The zero-order chi connectivity index (χ0) is 25.9. The summed E-state index contributed by atoms with van der Waals surface area (Å²) in [5.41, 5.74) is 1.37. The van der Waals surface area contributed by atoms with Gasteiger partial charge in [0.1, 0.15) is 0 Å². The van der Waals surface area contributed by atoms with Crippen molar-refractivity contribution in [3.63, 3.8) is 0 Å². The number of carbonyl (C=O) groups excluding carboxylic acids is 2. The summed E-state index contributed by atoms with van der Waals surface area (Å²) in [6.07, 6.45) is 0. The van der Waals surface area contributed by atoms with Crippen molar-refractivity contribution in [3.05, 3.63) is 95.1 Å². The Balaban J connectivity index is 1.88. The van der Waals surface area contributed by atoms with E-state index in [1.165, 1.54) is 0 Å². The zero-order valence-corrected chi connectivity index (χ0v) is 22.7. The second-order valence-electron chi connectivity index (χ2n) is 9.64. The van der Waals surface area contributed by atoms with Gasteiger partial charge in [-0.05, 0) is 34.5 Å². The molecule has 4 aromatic rings. The number of aromatic amines is 1. The molecular weight excluding hydrogens is 490 g/mol. The summed E-state index contributed by atoms with van der Waals surface area (Å²) in [7, 11) is -2.88. The fraction of sp³-hybridized carbons (Fsp3) is 0.241. The van der Waals surface area contributed by atoms with E-state index in [0.29, 0.717) is 21.6 Å². The van der Waals surface area contributed by atoms with Crippen LogP contribution in [0.15, 0.2) is 78.9 Å². The molecule has 0 spiro atoms. The van der Waals surface area contributed by atoms with Gasteiger partial charge in [0.25, 0.3) is 14.1 Å². The lowest BCUT2D eigenvalue weighted by Crippen LogP contribution is -2.66. The molecule has 0 fully saturated rings. The van der Waals surface area contributed by atoms with Crippen LogP contribution in [-0.4, -0.2) is 31.7 Å². The summed E-state index contributed by atoms with van der Waals surface area (Å²) in [4.78, 5) is 29.0. The molecule has 0 aliphatic carbocycles. The largest absolute Gasteiger partial charge is 0.460 e. The van der Waals surface area contributed by atoms with Gasteiger partial charge in [-0.25, -0.2) is 4.79 Å². The number of halogens is 1. The number of aromatic nitrogens is 1. The minimum absolute atomic E-state index is 0.0960. The van der Waals surface area contributed by atoms with Gasteiger partial charge in [-0.1, -0.05) is 99.1 Å². The average molecular weight is 520 g/mol. The molecule has 36 heavy (non-hydrogen) atoms. The van der Waals surface area contributed by atoms with E-state index >= 15 is 0 Å². The van der Waals surface area contributed by atoms with Gasteiger partial charge < -0.3 is 14.1 Å². The highest BCUT2D eigenvalue weighted by Crippen LogP contribution is 2.38. The Morgan fingerprint density at radius 3 is 2.00 bits per heavy atom. The number of hydrogen-bond donors (Lipinski definition) is 1. The number of ketones is 1. The molecule has 0 aliphatic heterocycles. The third kappa shape index (κ3) is 4.64. The van der Waals surface area contributed by atoms with Crippen LogP contribution in [0.2, 0.25) is 10.1 Å². The van der Waals surface area contributed by atoms with Crippen LogP contribution in [0.5, 0.6) is 0 Å². The van der Waals surface area contributed by atoms with Gasteiger partial charge in [0, 0.05) is 10.9 Å². The third-order valence-electron chi connectivity index (χ3n) is 6.39. The molecule has 0 aliphatic rings. The van der Waals surface area contributed by atoms with E-state index < -0.39 is 20.1 Å². The van der Waals surface area contributed by atoms with Gasteiger partial charge in [0.2, 0.25) is 0 Å². The van der Waals surface area contributed by atoms with E-state index in [1.54, 1.807) is 19.1 Å². The van der Waals surface area contributed by atoms with Gasteiger partial charge in [0.05, 0.1) is 29.5 Å². The SMILES string of the molecule is CCOC(=O)C(=O)c1c(CO[Si](c2ccccc2)(c2ccccc2)C(C)(C)C)[nH]c2cccc(Cl)c12. The topological polar surface area (TPSA) is 68.4 Å². The van der Waals surface area contributed by atoms with Crippen molar-refractivity contribution in [2.24, 2.45) is 0 Å². The van der Waals surface area contributed by atoms with E-state index in [1.807, 2.05) is 42.5 Å². The fourth-order valence-electron chi connectivity index (χ4n) is 4.86. The van der Waals surface area contributed by atoms with Crippen LogP contribution in [0.3, 0.4) is 0 Å². The van der Waals surface area contributed by atoms with Gasteiger partial charge in [-0.2, -0.15) is 0 Å². The molecule has 0 bridgehead atoms. The summed E-state index contributed by atoms with van der Waals surface area (Å²) in [5.74, 6) is -1.65. The first kappa shape index (κ1) is 25.9. The number of fused-ring (bicyclic) bond motifs is 1. The first-order chi connectivity index (χ1) is 17.2. The highest BCUT2D eigenvalue weighted by atomic mass is 35.5. The Labute approximate surface area is 217 Å². The number of esters is 1. The molecule has 1 N–H and O–H groups in total. The lowest BCUT2D eigenvalue weighted by molar-refractivity contribution is -0.137. The normalized spacial score (nSPS) is 12.0.